The number of likely N-dealkylation sites (N-methyl/N-ethyl adjacent to an activating group) is 1. The zero-order valence-corrected chi connectivity index (χ0v) is 15.4. The van der Waals surface area contributed by atoms with Gasteiger partial charge in [0.15, 0.2) is 0 Å². The molecule has 0 aromatic heterocycles. The number of nitrogens with zero attached hydrogens (tertiary/aromatic N) is 2. The predicted octanol–water partition coefficient (Wildman–Crippen LogP) is 2.24. The van der Waals surface area contributed by atoms with Crippen LogP contribution < -0.4 is 5.73 Å². The Bertz CT molecular complexity index is 574. The molecule has 0 saturated heterocycles. The van der Waals surface area contributed by atoms with Crippen LogP contribution in [0.3, 0.4) is 0 Å². The number of sulfonamides is 1. The van der Waals surface area contributed by atoms with E-state index in [9.17, 15) is 8.42 Å². The highest BCUT2D eigenvalue weighted by Gasteiger charge is 2.27. The number of anilines is 1. The van der Waals surface area contributed by atoms with Crippen LogP contribution in [0.25, 0.3) is 0 Å². The summed E-state index contributed by atoms with van der Waals surface area (Å²) in [6.07, 6.45) is 0. The van der Waals surface area contributed by atoms with Crippen molar-refractivity contribution >= 4 is 31.6 Å². The third kappa shape index (κ3) is 5.25. The molecule has 1 aromatic carbocycles. The van der Waals surface area contributed by atoms with Gasteiger partial charge in [0.1, 0.15) is 4.90 Å². The number of hydrogen-bond donors (Lipinski definition) is 1. The largest absolute Gasteiger partial charge is 0.398 e. The van der Waals surface area contributed by atoms with E-state index in [0.29, 0.717) is 24.1 Å². The standard InChI is InChI=1S/C14H24BrN3O2S/c1-11(2)10-18(8-7-17(3)4)21(19,20)14-9-12(15)5-6-13(14)16/h5-6,9,11H,7-8,10,16H2,1-4H3. The van der Waals surface area contributed by atoms with Crippen molar-refractivity contribution < 1.29 is 8.42 Å². The van der Waals surface area contributed by atoms with Crippen LogP contribution in [0.15, 0.2) is 27.6 Å². The van der Waals surface area contributed by atoms with Crippen molar-refractivity contribution in [3.63, 3.8) is 0 Å². The second kappa shape index (κ2) is 7.58. The van der Waals surface area contributed by atoms with Crippen molar-refractivity contribution in [3.05, 3.63) is 22.7 Å². The summed E-state index contributed by atoms with van der Waals surface area (Å²) in [6.45, 7) is 5.59. The van der Waals surface area contributed by atoms with Gasteiger partial charge in [-0.2, -0.15) is 4.31 Å². The van der Waals surface area contributed by atoms with Crippen molar-refractivity contribution in [2.24, 2.45) is 5.92 Å². The first-order chi connectivity index (χ1) is 9.64. The third-order valence-corrected chi connectivity index (χ3v) is 5.37. The molecule has 0 bridgehead atoms. The van der Waals surface area contributed by atoms with Crippen molar-refractivity contribution in [3.8, 4) is 0 Å². The Kier molecular flexibility index (Phi) is 6.65. The number of rotatable bonds is 7. The normalized spacial score (nSPS) is 12.6. The van der Waals surface area contributed by atoms with Crippen LogP contribution in [0.2, 0.25) is 0 Å². The quantitative estimate of drug-likeness (QED) is 0.739. The number of benzene rings is 1. The minimum Gasteiger partial charge on any atom is -0.398 e. The molecular weight excluding hydrogens is 354 g/mol. The average Bonchev–Trinajstić information content (AvgIpc) is 2.36. The molecule has 0 aliphatic carbocycles. The summed E-state index contributed by atoms with van der Waals surface area (Å²) in [4.78, 5) is 2.13. The Morgan fingerprint density at radius 2 is 1.86 bits per heavy atom. The van der Waals surface area contributed by atoms with Gasteiger partial charge in [-0.05, 0) is 38.2 Å². The molecule has 2 N–H and O–H groups in total. The molecule has 0 aliphatic heterocycles. The highest BCUT2D eigenvalue weighted by atomic mass is 79.9. The molecule has 0 spiro atoms. The lowest BCUT2D eigenvalue weighted by atomic mass is 10.2. The smallest absolute Gasteiger partial charge is 0.245 e. The van der Waals surface area contributed by atoms with Gasteiger partial charge in [0.05, 0.1) is 5.69 Å². The SMILES string of the molecule is CC(C)CN(CCN(C)C)S(=O)(=O)c1cc(Br)ccc1N. The minimum atomic E-state index is -3.59. The van der Waals surface area contributed by atoms with Gasteiger partial charge in [-0.1, -0.05) is 29.8 Å². The molecule has 1 aromatic rings. The average molecular weight is 378 g/mol. The summed E-state index contributed by atoms with van der Waals surface area (Å²) in [7, 11) is 0.255. The van der Waals surface area contributed by atoms with Gasteiger partial charge in [-0.15, -0.1) is 0 Å². The van der Waals surface area contributed by atoms with Crippen LogP contribution in [0.4, 0.5) is 5.69 Å². The molecule has 5 nitrogen and oxygen atoms in total. The molecule has 7 heteroatoms. The van der Waals surface area contributed by atoms with E-state index in [1.807, 2.05) is 32.8 Å². The van der Waals surface area contributed by atoms with E-state index in [0.717, 1.165) is 0 Å². The highest BCUT2D eigenvalue weighted by molar-refractivity contribution is 9.10. The zero-order valence-electron chi connectivity index (χ0n) is 13.0. The second-order valence-electron chi connectivity index (χ2n) is 5.74. The third-order valence-electron chi connectivity index (χ3n) is 2.96. The topological polar surface area (TPSA) is 66.6 Å². The van der Waals surface area contributed by atoms with E-state index in [2.05, 4.69) is 15.9 Å². The lowest BCUT2D eigenvalue weighted by Crippen LogP contribution is -2.39. The predicted molar refractivity (Wildman–Crippen MR) is 90.7 cm³/mol. The molecule has 0 radical (unpaired) electrons. The van der Waals surface area contributed by atoms with Gasteiger partial charge in [0.2, 0.25) is 10.0 Å². The fraction of sp³-hybridized carbons (Fsp3) is 0.571. The second-order valence-corrected chi connectivity index (χ2v) is 8.56. The first kappa shape index (κ1) is 18.4. The first-order valence-electron chi connectivity index (χ1n) is 6.84. The molecular formula is C14H24BrN3O2S. The molecule has 0 fully saturated rings. The van der Waals surface area contributed by atoms with Crippen molar-refractivity contribution in [1.82, 2.24) is 9.21 Å². The van der Waals surface area contributed by atoms with E-state index in [4.69, 9.17) is 5.73 Å². The van der Waals surface area contributed by atoms with Crippen LogP contribution >= 0.6 is 15.9 Å². The van der Waals surface area contributed by atoms with E-state index in [1.54, 1.807) is 18.2 Å². The van der Waals surface area contributed by atoms with Crippen molar-refractivity contribution in [2.75, 3.05) is 39.5 Å². The molecule has 0 amide bonds. The van der Waals surface area contributed by atoms with E-state index < -0.39 is 10.0 Å². The summed E-state index contributed by atoms with van der Waals surface area (Å²) in [5.41, 5.74) is 6.14. The Morgan fingerprint density at radius 1 is 1.24 bits per heavy atom. The fourth-order valence-electron chi connectivity index (χ4n) is 1.90. The fourth-order valence-corrected chi connectivity index (χ4v) is 4.15. The lowest BCUT2D eigenvalue weighted by Gasteiger charge is -2.26. The summed E-state index contributed by atoms with van der Waals surface area (Å²) < 4.78 is 27.9. The molecule has 0 heterocycles. The monoisotopic (exact) mass is 377 g/mol. The van der Waals surface area contributed by atoms with E-state index >= 15 is 0 Å². The molecule has 120 valence electrons. The van der Waals surface area contributed by atoms with Crippen LogP contribution in [0.1, 0.15) is 13.8 Å². The van der Waals surface area contributed by atoms with E-state index in [1.165, 1.54) is 4.31 Å². The number of hydrogen-bond acceptors (Lipinski definition) is 4. The summed E-state index contributed by atoms with van der Waals surface area (Å²) in [5.74, 6) is 0.246. The summed E-state index contributed by atoms with van der Waals surface area (Å²) in [5, 5.41) is 0. The zero-order chi connectivity index (χ0) is 16.2. The van der Waals surface area contributed by atoms with Gasteiger partial charge in [0.25, 0.3) is 0 Å². The number of nitrogens with two attached hydrogens (primary N) is 1. The van der Waals surface area contributed by atoms with Crippen molar-refractivity contribution in [1.29, 1.82) is 0 Å². The molecule has 0 aliphatic rings. The highest BCUT2D eigenvalue weighted by Crippen LogP contribution is 2.26. The maximum absolute atomic E-state index is 12.9. The van der Waals surface area contributed by atoms with Crippen LogP contribution in [-0.4, -0.2) is 51.4 Å². The van der Waals surface area contributed by atoms with Crippen molar-refractivity contribution in [2.45, 2.75) is 18.7 Å². The minimum absolute atomic E-state index is 0.163. The van der Waals surface area contributed by atoms with Crippen LogP contribution in [-0.2, 0) is 10.0 Å². The molecule has 0 unspecified atom stereocenters. The Labute approximate surface area is 136 Å². The summed E-state index contributed by atoms with van der Waals surface area (Å²) >= 11 is 3.30. The number of nitrogen functional groups attached to an aromatic ring is 1. The van der Waals surface area contributed by atoms with Gasteiger partial charge in [-0.3, -0.25) is 0 Å². The molecule has 1 rings (SSSR count). The molecule has 21 heavy (non-hydrogen) atoms. The van der Waals surface area contributed by atoms with Crippen LogP contribution in [0, 0.1) is 5.92 Å². The Balaban J connectivity index is 3.16. The van der Waals surface area contributed by atoms with Gasteiger partial charge in [-0.25, -0.2) is 8.42 Å². The lowest BCUT2D eigenvalue weighted by molar-refractivity contribution is 0.313. The number of halogens is 1. The van der Waals surface area contributed by atoms with Gasteiger partial charge < -0.3 is 10.6 Å². The summed E-state index contributed by atoms with van der Waals surface area (Å²) in [6, 6.07) is 4.91. The van der Waals surface area contributed by atoms with Gasteiger partial charge >= 0.3 is 0 Å². The molecule has 0 saturated carbocycles. The Hall–Kier alpha value is -0.630. The maximum atomic E-state index is 12.9. The van der Waals surface area contributed by atoms with Gasteiger partial charge in [0, 0.05) is 24.1 Å². The molecule has 0 atom stereocenters. The Morgan fingerprint density at radius 3 is 2.38 bits per heavy atom. The van der Waals surface area contributed by atoms with E-state index in [-0.39, 0.29) is 16.5 Å². The van der Waals surface area contributed by atoms with Crippen LogP contribution in [0.5, 0.6) is 0 Å². The first-order valence-corrected chi connectivity index (χ1v) is 9.07. The maximum Gasteiger partial charge on any atom is 0.245 e.